The van der Waals surface area contributed by atoms with Crippen molar-refractivity contribution < 1.29 is 17.6 Å². The van der Waals surface area contributed by atoms with Crippen LogP contribution >= 0.6 is 0 Å². The van der Waals surface area contributed by atoms with E-state index in [1.54, 1.807) is 0 Å². The van der Waals surface area contributed by atoms with Crippen molar-refractivity contribution >= 4 is 16.1 Å². The number of benzene rings is 1. The molecule has 1 aliphatic rings. The third-order valence-electron chi connectivity index (χ3n) is 2.80. The lowest BCUT2D eigenvalue weighted by atomic mass is 10.3. The monoisotopic (exact) mass is 270 g/mol. The van der Waals surface area contributed by atoms with Crippen LogP contribution in [0.5, 0.6) is 0 Å². The van der Waals surface area contributed by atoms with Gasteiger partial charge in [-0.1, -0.05) is 0 Å². The molecule has 1 heterocycles. The Bertz CT molecular complexity index is 579. The fourth-order valence-electron chi connectivity index (χ4n) is 1.93. The number of hydrogen-bond acceptors (Lipinski definition) is 4. The molecule has 0 saturated carbocycles. The Morgan fingerprint density at radius 3 is 2.61 bits per heavy atom. The summed E-state index contributed by atoms with van der Waals surface area (Å²) in [5.41, 5.74) is 0. The van der Waals surface area contributed by atoms with Crippen LogP contribution < -0.4 is 0 Å². The molecule has 18 heavy (non-hydrogen) atoms. The predicted molar refractivity (Wildman–Crippen MR) is 61.4 cm³/mol. The highest BCUT2D eigenvalue weighted by Crippen LogP contribution is 2.26. The van der Waals surface area contributed by atoms with Crippen LogP contribution in [0.3, 0.4) is 0 Å². The Morgan fingerprint density at radius 2 is 2.00 bits per heavy atom. The lowest BCUT2D eigenvalue weighted by molar-refractivity contribution is 0.395. The van der Waals surface area contributed by atoms with Gasteiger partial charge in [-0.2, -0.15) is 9.30 Å². The number of isocyanates is 1. The van der Waals surface area contributed by atoms with Crippen molar-refractivity contribution in [2.75, 3.05) is 6.54 Å². The molecule has 0 N–H and O–H groups in total. The number of nitrogens with zero attached hydrogens (tertiary/aromatic N) is 2. The lowest BCUT2D eigenvalue weighted by Crippen LogP contribution is -2.34. The molecule has 1 aromatic carbocycles. The molecule has 1 aromatic rings. The van der Waals surface area contributed by atoms with E-state index in [0.717, 1.165) is 16.4 Å². The summed E-state index contributed by atoms with van der Waals surface area (Å²) in [6.07, 6.45) is 1.82. The summed E-state index contributed by atoms with van der Waals surface area (Å²) in [5.74, 6) is -0.502. The SMILES string of the molecule is O=C=N[C@H]1CCCN1S(=O)(=O)c1ccc(F)cc1. The quantitative estimate of drug-likeness (QED) is 0.613. The van der Waals surface area contributed by atoms with Gasteiger partial charge in [-0.3, -0.25) is 0 Å². The predicted octanol–water partition coefficient (Wildman–Crippen LogP) is 1.27. The molecule has 0 spiro atoms. The molecule has 7 heteroatoms. The number of halogens is 1. The zero-order valence-electron chi connectivity index (χ0n) is 9.41. The summed E-state index contributed by atoms with van der Waals surface area (Å²) in [7, 11) is -3.73. The highest BCUT2D eigenvalue weighted by Gasteiger charge is 2.35. The second kappa shape index (κ2) is 4.97. The van der Waals surface area contributed by atoms with Gasteiger partial charge in [0, 0.05) is 6.54 Å². The van der Waals surface area contributed by atoms with Crippen molar-refractivity contribution in [1.82, 2.24) is 4.31 Å². The summed E-state index contributed by atoms with van der Waals surface area (Å²) >= 11 is 0. The number of hydrogen-bond donors (Lipinski definition) is 0. The first kappa shape index (κ1) is 12.9. The number of carbonyl (C=O) groups excluding carboxylic acids is 1. The zero-order chi connectivity index (χ0) is 13.2. The van der Waals surface area contributed by atoms with Gasteiger partial charge in [0.15, 0.2) is 0 Å². The maximum Gasteiger partial charge on any atom is 0.244 e. The van der Waals surface area contributed by atoms with E-state index in [9.17, 15) is 17.6 Å². The topological polar surface area (TPSA) is 66.8 Å². The third-order valence-corrected chi connectivity index (χ3v) is 4.71. The van der Waals surface area contributed by atoms with Crippen molar-refractivity contribution in [3.8, 4) is 0 Å². The zero-order valence-corrected chi connectivity index (χ0v) is 10.2. The molecule has 1 aliphatic heterocycles. The first-order valence-electron chi connectivity index (χ1n) is 5.40. The Kier molecular flexibility index (Phi) is 3.56. The molecule has 96 valence electrons. The molecule has 5 nitrogen and oxygen atoms in total. The van der Waals surface area contributed by atoms with Gasteiger partial charge in [0.1, 0.15) is 12.0 Å². The minimum absolute atomic E-state index is 0.00287. The summed E-state index contributed by atoms with van der Waals surface area (Å²) in [4.78, 5) is 13.7. The fraction of sp³-hybridized carbons (Fsp3) is 0.364. The van der Waals surface area contributed by atoms with Gasteiger partial charge < -0.3 is 0 Å². The molecule has 0 aliphatic carbocycles. The maximum atomic E-state index is 12.8. The van der Waals surface area contributed by atoms with E-state index in [-0.39, 0.29) is 4.90 Å². The Morgan fingerprint density at radius 1 is 1.33 bits per heavy atom. The van der Waals surface area contributed by atoms with Gasteiger partial charge in [-0.25, -0.2) is 17.6 Å². The van der Waals surface area contributed by atoms with Gasteiger partial charge in [0.05, 0.1) is 4.90 Å². The summed E-state index contributed by atoms with van der Waals surface area (Å²) in [6, 6.07) is 4.57. The van der Waals surface area contributed by atoms with Gasteiger partial charge in [-0.05, 0) is 37.1 Å². The van der Waals surface area contributed by atoms with Crippen LogP contribution in [0.15, 0.2) is 34.2 Å². The van der Waals surface area contributed by atoms with Crippen LogP contribution in [-0.2, 0) is 14.8 Å². The Hall–Kier alpha value is -1.56. The van der Waals surface area contributed by atoms with Crippen LogP contribution in [0.4, 0.5) is 4.39 Å². The molecule has 2 rings (SSSR count). The van der Waals surface area contributed by atoms with Crippen molar-refractivity contribution in [1.29, 1.82) is 0 Å². The Balaban J connectivity index is 2.36. The van der Waals surface area contributed by atoms with Crippen LogP contribution in [0.2, 0.25) is 0 Å². The first-order valence-corrected chi connectivity index (χ1v) is 6.84. The van der Waals surface area contributed by atoms with E-state index in [1.807, 2.05) is 0 Å². The van der Waals surface area contributed by atoms with Crippen molar-refractivity contribution in [3.05, 3.63) is 30.1 Å². The number of aliphatic imine (C=N–C) groups is 1. The van der Waals surface area contributed by atoms with E-state index in [1.165, 1.54) is 18.2 Å². The standard InChI is InChI=1S/C11H11FN2O3S/c12-9-3-5-10(6-4-9)18(16,17)14-7-1-2-11(14)13-8-15/h3-6,11H,1-2,7H2/t11-/m1/s1. The van der Waals surface area contributed by atoms with Crippen molar-refractivity contribution in [2.45, 2.75) is 23.9 Å². The van der Waals surface area contributed by atoms with Crippen molar-refractivity contribution in [2.24, 2.45) is 4.99 Å². The number of sulfonamides is 1. The molecule has 1 atom stereocenters. The largest absolute Gasteiger partial charge is 0.244 e. The van der Waals surface area contributed by atoms with Crippen molar-refractivity contribution in [3.63, 3.8) is 0 Å². The maximum absolute atomic E-state index is 12.8. The van der Waals surface area contributed by atoms with Crippen LogP contribution in [-0.4, -0.2) is 31.5 Å². The van der Waals surface area contributed by atoms with Gasteiger partial charge >= 0.3 is 0 Å². The smallest absolute Gasteiger partial charge is 0.211 e. The minimum Gasteiger partial charge on any atom is -0.211 e. The van der Waals surface area contributed by atoms with E-state index in [0.29, 0.717) is 19.4 Å². The summed E-state index contributed by atoms with van der Waals surface area (Å²) in [6.45, 7) is 0.301. The molecule has 0 aromatic heterocycles. The molecule has 1 fully saturated rings. The van der Waals surface area contributed by atoms with Gasteiger partial charge in [-0.15, -0.1) is 0 Å². The molecule has 0 radical (unpaired) electrons. The molecule has 0 bridgehead atoms. The Labute approximate surface area is 104 Å². The minimum atomic E-state index is -3.73. The molecule has 0 amide bonds. The third kappa shape index (κ3) is 2.33. The van der Waals surface area contributed by atoms with Crippen LogP contribution in [0, 0.1) is 5.82 Å². The second-order valence-corrected chi connectivity index (χ2v) is 5.80. The van der Waals surface area contributed by atoms with Gasteiger partial charge in [0.25, 0.3) is 0 Å². The average Bonchev–Trinajstić information content (AvgIpc) is 2.79. The molecular formula is C11H11FN2O3S. The molecule has 0 unspecified atom stereocenters. The van der Waals surface area contributed by atoms with E-state index in [2.05, 4.69) is 4.99 Å². The number of rotatable bonds is 3. The van der Waals surface area contributed by atoms with Crippen LogP contribution in [0.25, 0.3) is 0 Å². The van der Waals surface area contributed by atoms with Gasteiger partial charge in [0.2, 0.25) is 16.1 Å². The van der Waals surface area contributed by atoms with E-state index in [4.69, 9.17) is 0 Å². The van der Waals surface area contributed by atoms with E-state index >= 15 is 0 Å². The van der Waals surface area contributed by atoms with Crippen LogP contribution in [0.1, 0.15) is 12.8 Å². The molecular weight excluding hydrogens is 259 g/mol. The lowest BCUT2D eigenvalue weighted by Gasteiger charge is -2.19. The normalized spacial score (nSPS) is 20.6. The average molecular weight is 270 g/mol. The second-order valence-electron chi connectivity index (χ2n) is 3.91. The first-order chi connectivity index (χ1) is 8.55. The highest BCUT2D eigenvalue weighted by atomic mass is 32.2. The summed E-state index contributed by atoms with van der Waals surface area (Å²) in [5, 5.41) is 0. The fourth-order valence-corrected chi connectivity index (χ4v) is 3.53. The van der Waals surface area contributed by atoms with E-state index < -0.39 is 22.0 Å². The molecule has 1 saturated heterocycles. The highest BCUT2D eigenvalue weighted by molar-refractivity contribution is 7.89. The summed E-state index contributed by atoms with van der Waals surface area (Å²) < 4.78 is 38.4.